The molecule has 0 aliphatic carbocycles. The van der Waals surface area contributed by atoms with Gasteiger partial charge < -0.3 is 5.73 Å². The summed E-state index contributed by atoms with van der Waals surface area (Å²) in [7, 11) is 0. The summed E-state index contributed by atoms with van der Waals surface area (Å²) in [5, 5.41) is 3.59. The third-order valence-corrected chi connectivity index (χ3v) is 1.51. The number of alkyl halides is 3. The van der Waals surface area contributed by atoms with Crippen LogP contribution in [-0.4, -0.2) is 19.6 Å². The molecule has 0 amide bonds. The van der Waals surface area contributed by atoms with E-state index in [1.165, 1.54) is 0 Å². The van der Waals surface area contributed by atoms with Gasteiger partial charge in [-0.05, 0) is 6.07 Å². The van der Waals surface area contributed by atoms with Gasteiger partial charge in [-0.25, -0.2) is 9.50 Å². The van der Waals surface area contributed by atoms with E-state index >= 15 is 0 Å². The Kier molecular flexibility index (Phi) is 1.60. The van der Waals surface area contributed by atoms with Crippen LogP contribution in [0.2, 0.25) is 0 Å². The zero-order valence-electron chi connectivity index (χ0n) is 6.65. The molecule has 0 unspecified atom stereocenters. The third kappa shape index (κ3) is 1.34. The molecule has 8 heteroatoms. The molecule has 0 aromatic carbocycles. The number of nitrogens with two attached hydrogens (primary N) is 1. The summed E-state index contributed by atoms with van der Waals surface area (Å²) in [6.07, 6.45) is -3.38. The lowest BCUT2D eigenvalue weighted by Crippen LogP contribution is -2.09. The minimum atomic E-state index is -4.48. The lowest BCUT2D eigenvalue weighted by atomic mass is 10.4. The summed E-state index contributed by atoms with van der Waals surface area (Å²) >= 11 is 0. The number of nitrogen functional groups attached to an aromatic ring is 1. The van der Waals surface area contributed by atoms with Crippen molar-refractivity contribution in [1.82, 2.24) is 19.6 Å². The summed E-state index contributed by atoms with van der Waals surface area (Å²) in [6.45, 7) is 0. The molecule has 0 atom stereocenters. The largest absolute Gasteiger partial charge is 0.433 e. The molecule has 0 bridgehead atoms. The summed E-state index contributed by atoms with van der Waals surface area (Å²) in [6, 6.07) is 0.807. The number of fused-ring (bicyclic) bond motifs is 1. The molecule has 2 N–H and O–H groups in total. The van der Waals surface area contributed by atoms with Gasteiger partial charge in [0.1, 0.15) is 5.69 Å². The quantitative estimate of drug-likeness (QED) is 0.685. The highest BCUT2D eigenvalue weighted by atomic mass is 19.4. The number of halogens is 3. The van der Waals surface area contributed by atoms with Crippen molar-refractivity contribution in [2.75, 3.05) is 5.73 Å². The average Bonchev–Trinajstić information content (AvgIpc) is 2.41. The van der Waals surface area contributed by atoms with Crippen LogP contribution in [0, 0.1) is 0 Å². The first-order valence-electron chi connectivity index (χ1n) is 3.53. The predicted octanol–water partition coefficient (Wildman–Crippen LogP) is 0.725. The van der Waals surface area contributed by atoms with Crippen LogP contribution in [0.4, 0.5) is 19.1 Å². The fraction of sp³-hybridized carbons (Fsp3) is 0.167. The molecule has 2 aromatic heterocycles. The van der Waals surface area contributed by atoms with Crippen LogP contribution in [-0.2, 0) is 6.18 Å². The Morgan fingerprint density at radius 3 is 2.64 bits per heavy atom. The Labute approximate surface area is 75.4 Å². The molecular weight excluding hydrogens is 199 g/mol. The lowest BCUT2D eigenvalue weighted by Gasteiger charge is -2.03. The van der Waals surface area contributed by atoms with Gasteiger partial charge in [0, 0.05) is 6.20 Å². The first-order chi connectivity index (χ1) is 6.47. The molecule has 0 aliphatic heterocycles. The van der Waals surface area contributed by atoms with Crippen LogP contribution in [0.1, 0.15) is 5.69 Å². The van der Waals surface area contributed by atoms with Gasteiger partial charge in [-0.3, -0.25) is 0 Å². The summed E-state index contributed by atoms with van der Waals surface area (Å²) in [5.74, 6) is -0.283. The molecular formula is C6H4F3N5. The van der Waals surface area contributed by atoms with Crippen molar-refractivity contribution in [2.45, 2.75) is 6.18 Å². The van der Waals surface area contributed by atoms with Gasteiger partial charge in [-0.2, -0.15) is 18.2 Å². The van der Waals surface area contributed by atoms with Crippen molar-refractivity contribution in [3.05, 3.63) is 18.0 Å². The van der Waals surface area contributed by atoms with Crippen molar-refractivity contribution < 1.29 is 13.2 Å². The predicted molar refractivity (Wildman–Crippen MR) is 40.2 cm³/mol. The molecule has 0 radical (unpaired) electrons. The highest BCUT2D eigenvalue weighted by molar-refractivity contribution is 5.34. The maximum absolute atomic E-state index is 12.2. The fourth-order valence-electron chi connectivity index (χ4n) is 0.951. The molecule has 2 heterocycles. The normalized spacial score (nSPS) is 12.2. The number of nitrogens with zero attached hydrogens (tertiary/aromatic N) is 4. The maximum Gasteiger partial charge on any atom is 0.433 e. The van der Waals surface area contributed by atoms with E-state index in [4.69, 9.17) is 5.73 Å². The Balaban J connectivity index is 2.62. The van der Waals surface area contributed by atoms with Crippen LogP contribution in [0.25, 0.3) is 5.78 Å². The van der Waals surface area contributed by atoms with Crippen molar-refractivity contribution in [3.8, 4) is 0 Å². The monoisotopic (exact) mass is 203 g/mol. The molecule has 0 aliphatic rings. The SMILES string of the molecule is Nc1nc2nc(C(F)(F)F)ccn2n1. The van der Waals surface area contributed by atoms with E-state index in [9.17, 15) is 13.2 Å². The van der Waals surface area contributed by atoms with E-state index in [1.807, 2.05) is 0 Å². The van der Waals surface area contributed by atoms with E-state index in [2.05, 4.69) is 15.1 Å². The number of hydrogen-bond acceptors (Lipinski definition) is 4. The smallest absolute Gasteiger partial charge is 0.366 e. The highest BCUT2D eigenvalue weighted by Gasteiger charge is 2.32. The van der Waals surface area contributed by atoms with Gasteiger partial charge >= 0.3 is 6.18 Å². The molecule has 0 fully saturated rings. The molecule has 2 aromatic rings. The second kappa shape index (κ2) is 2.56. The summed E-state index contributed by atoms with van der Waals surface area (Å²) in [5.41, 5.74) is 4.17. The van der Waals surface area contributed by atoms with E-state index < -0.39 is 11.9 Å². The van der Waals surface area contributed by atoms with Gasteiger partial charge in [0.15, 0.2) is 0 Å². The molecule has 2 rings (SSSR count). The minimum Gasteiger partial charge on any atom is -0.366 e. The number of anilines is 1. The van der Waals surface area contributed by atoms with Gasteiger partial charge in [-0.15, -0.1) is 5.10 Å². The first kappa shape index (κ1) is 8.73. The highest BCUT2D eigenvalue weighted by Crippen LogP contribution is 2.27. The van der Waals surface area contributed by atoms with Crippen LogP contribution in [0.5, 0.6) is 0 Å². The zero-order valence-corrected chi connectivity index (χ0v) is 6.65. The van der Waals surface area contributed by atoms with Crippen molar-refractivity contribution >= 4 is 11.7 Å². The van der Waals surface area contributed by atoms with Crippen molar-refractivity contribution in [1.29, 1.82) is 0 Å². The Morgan fingerprint density at radius 2 is 2.00 bits per heavy atom. The standard InChI is InChI=1S/C6H4F3N5/c7-6(8,9)3-1-2-14-5(11-3)12-4(10)13-14/h1-2H,(H2,10,13). The lowest BCUT2D eigenvalue weighted by molar-refractivity contribution is -0.141. The van der Waals surface area contributed by atoms with Crippen LogP contribution in [0.3, 0.4) is 0 Å². The Bertz CT molecular complexity index is 474. The fourth-order valence-corrected chi connectivity index (χ4v) is 0.951. The second-order valence-corrected chi connectivity index (χ2v) is 2.53. The molecule has 14 heavy (non-hydrogen) atoms. The number of aromatic nitrogens is 4. The topological polar surface area (TPSA) is 69.1 Å². The minimum absolute atomic E-state index is 0.114. The summed E-state index contributed by atoms with van der Waals surface area (Å²) < 4.78 is 37.6. The van der Waals surface area contributed by atoms with Gasteiger partial charge in [0.25, 0.3) is 5.78 Å². The van der Waals surface area contributed by atoms with Crippen LogP contribution < -0.4 is 5.73 Å². The van der Waals surface area contributed by atoms with Gasteiger partial charge in [-0.1, -0.05) is 0 Å². The van der Waals surface area contributed by atoms with E-state index in [-0.39, 0.29) is 11.7 Å². The van der Waals surface area contributed by atoms with Crippen molar-refractivity contribution in [2.24, 2.45) is 0 Å². The molecule has 74 valence electrons. The molecule has 5 nitrogen and oxygen atoms in total. The molecule has 0 saturated heterocycles. The third-order valence-electron chi connectivity index (χ3n) is 1.51. The number of rotatable bonds is 0. The van der Waals surface area contributed by atoms with E-state index in [0.29, 0.717) is 0 Å². The molecule has 0 spiro atoms. The molecule has 0 saturated carbocycles. The Morgan fingerprint density at radius 1 is 1.29 bits per heavy atom. The first-order valence-corrected chi connectivity index (χ1v) is 3.53. The summed E-state index contributed by atoms with van der Waals surface area (Å²) in [4.78, 5) is 6.76. The zero-order chi connectivity index (χ0) is 10.3. The number of hydrogen-bond donors (Lipinski definition) is 1. The average molecular weight is 203 g/mol. The van der Waals surface area contributed by atoms with E-state index in [0.717, 1.165) is 16.8 Å². The van der Waals surface area contributed by atoms with E-state index in [1.54, 1.807) is 0 Å². The Hall–Kier alpha value is -1.86. The van der Waals surface area contributed by atoms with Crippen LogP contribution >= 0.6 is 0 Å². The second-order valence-electron chi connectivity index (χ2n) is 2.53. The maximum atomic E-state index is 12.2. The van der Waals surface area contributed by atoms with Gasteiger partial charge in [0.05, 0.1) is 0 Å². The van der Waals surface area contributed by atoms with Crippen molar-refractivity contribution in [3.63, 3.8) is 0 Å². The van der Waals surface area contributed by atoms with Crippen LogP contribution in [0.15, 0.2) is 12.3 Å². The van der Waals surface area contributed by atoms with Gasteiger partial charge in [0.2, 0.25) is 5.95 Å².